The molecule has 14 heavy (non-hydrogen) atoms. The van der Waals surface area contributed by atoms with Crippen molar-refractivity contribution in [2.24, 2.45) is 12.8 Å². The van der Waals surface area contributed by atoms with E-state index in [1.807, 2.05) is 31.8 Å². The summed E-state index contributed by atoms with van der Waals surface area (Å²) < 4.78 is 1.86. The van der Waals surface area contributed by atoms with Crippen LogP contribution in [-0.2, 0) is 7.05 Å². The molecule has 0 fully saturated rings. The lowest BCUT2D eigenvalue weighted by Crippen LogP contribution is -2.11. The van der Waals surface area contributed by atoms with Crippen LogP contribution >= 0.6 is 0 Å². The topological polar surface area (TPSA) is 43.8 Å². The van der Waals surface area contributed by atoms with Crippen LogP contribution in [0.4, 0.5) is 0 Å². The Kier molecular flexibility index (Phi) is 3.47. The molecule has 0 amide bonds. The number of nitrogens with zero attached hydrogens (tertiary/aromatic N) is 2. The van der Waals surface area contributed by atoms with Gasteiger partial charge in [0.25, 0.3) is 0 Å². The molecule has 1 aromatic rings. The number of rotatable bonds is 4. The van der Waals surface area contributed by atoms with Crippen molar-refractivity contribution in [2.45, 2.75) is 32.7 Å². The Morgan fingerprint density at radius 3 is 2.79 bits per heavy atom. The molecular formula is C11H19N3. The van der Waals surface area contributed by atoms with Gasteiger partial charge in [0.1, 0.15) is 0 Å². The molecule has 0 bridgehead atoms. The molecule has 0 radical (unpaired) electrons. The number of hydrogen-bond donors (Lipinski definition) is 1. The van der Waals surface area contributed by atoms with Crippen molar-refractivity contribution in [3.63, 3.8) is 0 Å². The number of aromatic nitrogens is 2. The van der Waals surface area contributed by atoms with Gasteiger partial charge in [-0.25, -0.2) is 0 Å². The summed E-state index contributed by atoms with van der Waals surface area (Å²) >= 11 is 0. The van der Waals surface area contributed by atoms with E-state index in [4.69, 9.17) is 5.73 Å². The Balaban J connectivity index is 2.65. The standard InChI is InChI=1S/C11H19N3/c1-8(2)5-6-11(12)10-7-13-14(4)9(10)3/h7,11H,1,5-6,12H2,2-4H3. The molecule has 1 aromatic heterocycles. The highest BCUT2D eigenvalue weighted by atomic mass is 15.3. The predicted molar refractivity (Wildman–Crippen MR) is 58.9 cm³/mol. The molecule has 0 aliphatic heterocycles. The third-order valence-corrected chi connectivity index (χ3v) is 2.55. The van der Waals surface area contributed by atoms with Crippen LogP contribution in [0, 0.1) is 6.92 Å². The van der Waals surface area contributed by atoms with Gasteiger partial charge in [-0.15, -0.1) is 6.58 Å². The molecular weight excluding hydrogens is 174 g/mol. The van der Waals surface area contributed by atoms with Crippen LogP contribution in [-0.4, -0.2) is 9.78 Å². The minimum absolute atomic E-state index is 0.0837. The first-order chi connectivity index (χ1) is 6.52. The van der Waals surface area contributed by atoms with Gasteiger partial charge in [0, 0.05) is 24.3 Å². The maximum Gasteiger partial charge on any atom is 0.0540 e. The van der Waals surface area contributed by atoms with Gasteiger partial charge in [-0.2, -0.15) is 5.10 Å². The zero-order valence-corrected chi connectivity index (χ0v) is 9.25. The summed E-state index contributed by atoms with van der Waals surface area (Å²) in [4.78, 5) is 0. The minimum atomic E-state index is 0.0837. The second kappa shape index (κ2) is 4.42. The lowest BCUT2D eigenvalue weighted by atomic mass is 10.0. The first kappa shape index (κ1) is 11.0. The molecule has 3 heteroatoms. The second-order valence-electron chi connectivity index (χ2n) is 3.91. The van der Waals surface area contributed by atoms with Crippen molar-refractivity contribution in [3.8, 4) is 0 Å². The van der Waals surface area contributed by atoms with E-state index in [1.165, 1.54) is 5.57 Å². The van der Waals surface area contributed by atoms with Crippen LogP contribution in [0.25, 0.3) is 0 Å². The first-order valence-corrected chi connectivity index (χ1v) is 4.91. The Morgan fingerprint density at radius 1 is 1.71 bits per heavy atom. The molecule has 0 aliphatic carbocycles. The summed E-state index contributed by atoms with van der Waals surface area (Å²) in [5.41, 5.74) is 9.54. The lowest BCUT2D eigenvalue weighted by Gasteiger charge is -2.10. The Bertz CT molecular complexity index is 325. The van der Waals surface area contributed by atoms with E-state index in [2.05, 4.69) is 11.7 Å². The van der Waals surface area contributed by atoms with Crippen LogP contribution in [0.1, 0.15) is 37.1 Å². The maximum absolute atomic E-state index is 6.06. The van der Waals surface area contributed by atoms with Crippen molar-refractivity contribution in [3.05, 3.63) is 29.6 Å². The summed E-state index contributed by atoms with van der Waals surface area (Å²) in [6, 6.07) is 0.0837. The van der Waals surface area contributed by atoms with Gasteiger partial charge in [0.15, 0.2) is 0 Å². The van der Waals surface area contributed by atoms with Crippen LogP contribution < -0.4 is 5.73 Å². The van der Waals surface area contributed by atoms with Gasteiger partial charge in [-0.3, -0.25) is 4.68 Å². The van der Waals surface area contributed by atoms with Crippen LogP contribution in [0.15, 0.2) is 18.3 Å². The SMILES string of the molecule is C=C(C)CCC(N)c1cnn(C)c1C. The summed E-state index contributed by atoms with van der Waals surface area (Å²) in [6.07, 6.45) is 3.79. The van der Waals surface area contributed by atoms with Gasteiger partial charge in [-0.05, 0) is 26.7 Å². The molecule has 0 saturated carbocycles. The van der Waals surface area contributed by atoms with E-state index in [-0.39, 0.29) is 6.04 Å². The highest BCUT2D eigenvalue weighted by Crippen LogP contribution is 2.20. The minimum Gasteiger partial charge on any atom is -0.324 e. The Hall–Kier alpha value is -1.09. The molecule has 3 nitrogen and oxygen atoms in total. The zero-order chi connectivity index (χ0) is 10.7. The third-order valence-electron chi connectivity index (χ3n) is 2.55. The lowest BCUT2D eigenvalue weighted by molar-refractivity contribution is 0.641. The zero-order valence-electron chi connectivity index (χ0n) is 9.25. The molecule has 2 N–H and O–H groups in total. The van der Waals surface area contributed by atoms with Crippen molar-refractivity contribution < 1.29 is 0 Å². The van der Waals surface area contributed by atoms with Crippen molar-refractivity contribution in [2.75, 3.05) is 0 Å². The van der Waals surface area contributed by atoms with Gasteiger partial charge < -0.3 is 5.73 Å². The second-order valence-corrected chi connectivity index (χ2v) is 3.91. The summed E-state index contributed by atoms with van der Waals surface area (Å²) in [7, 11) is 1.93. The number of nitrogens with two attached hydrogens (primary N) is 1. The van der Waals surface area contributed by atoms with Gasteiger partial charge >= 0.3 is 0 Å². The molecule has 1 rings (SSSR count). The smallest absolute Gasteiger partial charge is 0.0540 e. The maximum atomic E-state index is 6.06. The predicted octanol–water partition coefficient (Wildman–Crippen LogP) is 2.08. The highest BCUT2D eigenvalue weighted by molar-refractivity contribution is 5.20. The van der Waals surface area contributed by atoms with E-state index in [0.29, 0.717) is 0 Å². The average molecular weight is 193 g/mol. The quantitative estimate of drug-likeness (QED) is 0.744. The Morgan fingerprint density at radius 2 is 2.36 bits per heavy atom. The van der Waals surface area contributed by atoms with Crippen LogP contribution in [0.2, 0.25) is 0 Å². The van der Waals surface area contributed by atoms with Gasteiger partial charge in [0.2, 0.25) is 0 Å². The third kappa shape index (κ3) is 2.45. The molecule has 0 spiro atoms. The summed E-state index contributed by atoms with van der Waals surface area (Å²) in [5, 5.41) is 4.18. The van der Waals surface area contributed by atoms with Crippen molar-refractivity contribution >= 4 is 0 Å². The number of aryl methyl sites for hydroxylation is 1. The number of allylic oxidation sites excluding steroid dienone is 1. The van der Waals surface area contributed by atoms with Crippen LogP contribution in [0.3, 0.4) is 0 Å². The molecule has 78 valence electrons. The fourth-order valence-corrected chi connectivity index (χ4v) is 1.44. The van der Waals surface area contributed by atoms with E-state index < -0.39 is 0 Å². The molecule has 1 unspecified atom stereocenters. The molecule has 0 saturated heterocycles. The summed E-state index contributed by atoms with van der Waals surface area (Å²) in [5.74, 6) is 0. The van der Waals surface area contributed by atoms with Gasteiger partial charge in [-0.1, -0.05) is 5.57 Å². The highest BCUT2D eigenvalue weighted by Gasteiger charge is 2.11. The van der Waals surface area contributed by atoms with Crippen molar-refractivity contribution in [1.29, 1.82) is 0 Å². The van der Waals surface area contributed by atoms with E-state index >= 15 is 0 Å². The van der Waals surface area contributed by atoms with E-state index in [1.54, 1.807) is 0 Å². The molecule has 0 aliphatic rings. The average Bonchev–Trinajstić information content (AvgIpc) is 2.44. The van der Waals surface area contributed by atoms with Crippen LogP contribution in [0.5, 0.6) is 0 Å². The van der Waals surface area contributed by atoms with E-state index in [9.17, 15) is 0 Å². The largest absolute Gasteiger partial charge is 0.324 e. The number of hydrogen-bond acceptors (Lipinski definition) is 2. The monoisotopic (exact) mass is 193 g/mol. The fourth-order valence-electron chi connectivity index (χ4n) is 1.44. The normalized spacial score (nSPS) is 12.9. The summed E-state index contributed by atoms with van der Waals surface area (Å²) in [6.45, 7) is 7.95. The molecule has 1 heterocycles. The van der Waals surface area contributed by atoms with Crippen molar-refractivity contribution in [1.82, 2.24) is 9.78 Å². The molecule has 1 atom stereocenters. The first-order valence-electron chi connectivity index (χ1n) is 4.91. The van der Waals surface area contributed by atoms with E-state index in [0.717, 1.165) is 24.1 Å². The Labute approximate surface area is 85.6 Å². The molecule has 0 aromatic carbocycles. The van der Waals surface area contributed by atoms with Gasteiger partial charge in [0.05, 0.1) is 6.20 Å². The fraction of sp³-hybridized carbons (Fsp3) is 0.545.